The maximum atomic E-state index is 13.8. The van der Waals surface area contributed by atoms with Gasteiger partial charge in [0, 0.05) is 11.6 Å². The van der Waals surface area contributed by atoms with Crippen molar-refractivity contribution in [2.75, 3.05) is 0 Å². The highest BCUT2D eigenvalue weighted by Gasteiger charge is 2.32. The van der Waals surface area contributed by atoms with Gasteiger partial charge in [-0.05, 0) is 49.0 Å². The van der Waals surface area contributed by atoms with Crippen molar-refractivity contribution in [2.24, 2.45) is 23.0 Å². The van der Waals surface area contributed by atoms with Crippen LogP contribution < -0.4 is 5.73 Å². The van der Waals surface area contributed by atoms with Gasteiger partial charge in [0.05, 0.1) is 0 Å². The summed E-state index contributed by atoms with van der Waals surface area (Å²) in [6, 6.07) is 6.79. The predicted molar refractivity (Wildman–Crippen MR) is 78.2 cm³/mol. The summed E-state index contributed by atoms with van der Waals surface area (Å²) in [4.78, 5) is 0. The molecule has 1 aliphatic carbocycles. The largest absolute Gasteiger partial charge is 0.324 e. The standard InChI is InChI=1S/C17H26FN/c1-17(2,3)13-10-8-12(9-11-13)16(19)14-6-4-5-7-15(14)18/h4-7,12-13,16H,8-11,19H2,1-3H3. The Morgan fingerprint density at radius 2 is 1.68 bits per heavy atom. The molecule has 1 fully saturated rings. The summed E-state index contributed by atoms with van der Waals surface area (Å²) in [5, 5.41) is 0. The lowest BCUT2D eigenvalue weighted by molar-refractivity contribution is 0.139. The molecule has 0 heterocycles. The molecule has 0 saturated heterocycles. The highest BCUT2D eigenvalue weighted by Crippen LogP contribution is 2.42. The van der Waals surface area contributed by atoms with E-state index in [1.807, 2.05) is 12.1 Å². The van der Waals surface area contributed by atoms with Gasteiger partial charge < -0.3 is 5.73 Å². The molecule has 1 aliphatic rings. The third-order valence-corrected chi connectivity index (χ3v) is 4.77. The lowest BCUT2D eigenvalue weighted by Crippen LogP contribution is -2.31. The Bertz CT molecular complexity index is 414. The number of benzene rings is 1. The van der Waals surface area contributed by atoms with E-state index in [0.717, 1.165) is 18.8 Å². The first kappa shape index (κ1) is 14.5. The summed E-state index contributed by atoms with van der Waals surface area (Å²) < 4.78 is 13.8. The average Bonchev–Trinajstić information content (AvgIpc) is 2.38. The molecule has 0 aliphatic heterocycles. The minimum Gasteiger partial charge on any atom is -0.324 e. The number of halogens is 1. The average molecular weight is 263 g/mol. The molecule has 19 heavy (non-hydrogen) atoms. The van der Waals surface area contributed by atoms with E-state index in [-0.39, 0.29) is 11.9 Å². The number of hydrogen-bond donors (Lipinski definition) is 1. The molecule has 0 bridgehead atoms. The maximum Gasteiger partial charge on any atom is 0.127 e. The Kier molecular flexibility index (Phi) is 4.29. The Hall–Kier alpha value is -0.890. The molecule has 0 aromatic heterocycles. The topological polar surface area (TPSA) is 26.0 Å². The zero-order chi connectivity index (χ0) is 14.0. The van der Waals surface area contributed by atoms with Crippen molar-refractivity contribution in [1.29, 1.82) is 0 Å². The molecule has 2 rings (SSSR count). The van der Waals surface area contributed by atoms with E-state index in [0.29, 0.717) is 16.9 Å². The molecule has 1 aromatic carbocycles. The van der Waals surface area contributed by atoms with Crippen molar-refractivity contribution in [3.8, 4) is 0 Å². The minimum atomic E-state index is -0.159. The monoisotopic (exact) mass is 263 g/mol. The quantitative estimate of drug-likeness (QED) is 0.824. The molecule has 1 unspecified atom stereocenters. The molecule has 2 heteroatoms. The summed E-state index contributed by atoms with van der Waals surface area (Å²) in [6.07, 6.45) is 4.68. The van der Waals surface area contributed by atoms with Crippen LogP contribution in [0.1, 0.15) is 58.1 Å². The van der Waals surface area contributed by atoms with E-state index in [1.165, 1.54) is 18.9 Å². The normalized spacial score (nSPS) is 26.2. The molecule has 0 amide bonds. The molecule has 1 saturated carbocycles. The molecule has 2 N–H and O–H groups in total. The van der Waals surface area contributed by atoms with Gasteiger partial charge in [-0.1, -0.05) is 39.0 Å². The molecule has 0 radical (unpaired) electrons. The van der Waals surface area contributed by atoms with Gasteiger partial charge in [-0.3, -0.25) is 0 Å². The van der Waals surface area contributed by atoms with Crippen LogP contribution in [0.4, 0.5) is 4.39 Å². The summed E-state index contributed by atoms with van der Waals surface area (Å²) in [5.74, 6) is 1.04. The third kappa shape index (κ3) is 3.36. The molecule has 1 aromatic rings. The van der Waals surface area contributed by atoms with Gasteiger partial charge in [0.2, 0.25) is 0 Å². The second-order valence-corrected chi connectivity index (χ2v) is 7.03. The van der Waals surface area contributed by atoms with Crippen molar-refractivity contribution in [2.45, 2.75) is 52.5 Å². The second kappa shape index (κ2) is 5.62. The van der Waals surface area contributed by atoms with Gasteiger partial charge in [0.25, 0.3) is 0 Å². The number of rotatable bonds is 2. The van der Waals surface area contributed by atoms with Crippen LogP contribution in [0.3, 0.4) is 0 Å². The van der Waals surface area contributed by atoms with Crippen LogP contribution in [0.5, 0.6) is 0 Å². The first-order chi connectivity index (χ1) is 8.89. The van der Waals surface area contributed by atoms with E-state index in [4.69, 9.17) is 5.73 Å². The third-order valence-electron chi connectivity index (χ3n) is 4.77. The Balaban J connectivity index is 2.00. The second-order valence-electron chi connectivity index (χ2n) is 7.03. The number of hydrogen-bond acceptors (Lipinski definition) is 1. The lowest BCUT2D eigenvalue weighted by atomic mass is 9.68. The molecule has 106 valence electrons. The first-order valence-electron chi connectivity index (χ1n) is 7.39. The van der Waals surface area contributed by atoms with Crippen molar-refractivity contribution in [3.63, 3.8) is 0 Å². The van der Waals surface area contributed by atoms with Gasteiger partial charge in [-0.25, -0.2) is 4.39 Å². The van der Waals surface area contributed by atoms with Crippen LogP contribution >= 0.6 is 0 Å². The Morgan fingerprint density at radius 1 is 1.11 bits per heavy atom. The zero-order valence-electron chi connectivity index (χ0n) is 12.3. The van der Waals surface area contributed by atoms with Gasteiger partial charge in [-0.2, -0.15) is 0 Å². The van der Waals surface area contributed by atoms with Crippen LogP contribution in [0, 0.1) is 23.1 Å². The van der Waals surface area contributed by atoms with Crippen LogP contribution in [-0.4, -0.2) is 0 Å². The lowest BCUT2D eigenvalue weighted by Gasteiger charge is -2.38. The SMILES string of the molecule is CC(C)(C)C1CCC(C(N)c2ccccc2F)CC1. The van der Waals surface area contributed by atoms with E-state index >= 15 is 0 Å². The molecule has 1 atom stereocenters. The summed E-state index contributed by atoms with van der Waals surface area (Å²) >= 11 is 0. The highest BCUT2D eigenvalue weighted by molar-refractivity contribution is 5.21. The summed E-state index contributed by atoms with van der Waals surface area (Å²) in [6.45, 7) is 6.94. The van der Waals surface area contributed by atoms with E-state index in [2.05, 4.69) is 20.8 Å². The van der Waals surface area contributed by atoms with Crippen LogP contribution in [0.2, 0.25) is 0 Å². The first-order valence-corrected chi connectivity index (χ1v) is 7.39. The smallest absolute Gasteiger partial charge is 0.127 e. The highest BCUT2D eigenvalue weighted by atomic mass is 19.1. The molecule has 0 spiro atoms. The fourth-order valence-electron chi connectivity index (χ4n) is 3.34. The van der Waals surface area contributed by atoms with Gasteiger partial charge in [-0.15, -0.1) is 0 Å². The van der Waals surface area contributed by atoms with E-state index in [9.17, 15) is 4.39 Å². The predicted octanol–water partition coefficient (Wildman–Crippen LogP) is 4.68. The summed E-state index contributed by atoms with van der Waals surface area (Å²) in [7, 11) is 0. The molecular formula is C17H26FN. The zero-order valence-corrected chi connectivity index (χ0v) is 12.3. The van der Waals surface area contributed by atoms with Crippen LogP contribution in [0.25, 0.3) is 0 Å². The van der Waals surface area contributed by atoms with Crippen molar-refractivity contribution < 1.29 is 4.39 Å². The Morgan fingerprint density at radius 3 is 2.21 bits per heavy atom. The fraction of sp³-hybridized carbons (Fsp3) is 0.647. The minimum absolute atomic E-state index is 0.151. The van der Waals surface area contributed by atoms with E-state index in [1.54, 1.807) is 6.07 Å². The van der Waals surface area contributed by atoms with Crippen molar-refractivity contribution >= 4 is 0 Å². The van der Waals surface area contributed by atoms with Gasteiger partial charge in [0.15, 0.2) is 0 Å². The maximum absolute atomic E-state index is 13.8. The summed E-state index contributed by atoms with van der Waals surface area (Å²) in [5.41, 5.74) is 7.35. The Labute approximate surface area is 116 Å². The number of nitrogens with two attached hydrogens (primary N) is 1. The van der Waals surface area contributed by atoms with E-state index < -0.39 is 0 Å². The molecular weight excluding hydrogens is 237 g/mol. The van der Waals surface area contributed by atoms with Gasteiger partial charge in [0.1, 0.15) is 5.82 Å². The molecule has 1 nitrogen and oxygen atoms in total. The van der Waals surface area contributed by atoms with Crippen LogP contribution in [-0.2, 0) is 0 Å². The fourth-order valence-corrected chi connectivity index (χ4v) is 3.34. The van der Waals surface area contributed by atoms with Crippen molar-refractivity contribution in [3.05, 3.63) is 35.6 Å². The van der Waals surface area contributed by atoms with Crippen LogP contribution in [0.15, 0.2) is 24.3 Å². The van der Waals surface area contributed by atoms with Crippen molar-refractivity contribution in [1.82, 2.24) is 0 Å². The van der Waals surface area contributed by atoms with Gasteiger partial charge >= 0.3 is 0 Å².